The summed E-state index contributed by atoms with van der Waals surface area (Å²) >= 11 is 0.934. The highest BCUT2D eigenvalue weighted by atomic mass is 32.2. The van der Waals surface area contributed by atoms with Crippen molar-refractivity contribution in [1.82, 2.24) is 4.98 Å². The molecule has 0 amide bonds. The molecule has 8 aromatic carbocycles. The van der Waals surface area contributed by atoms with Crippen LogP contribution in [0.5, 0.6) is 0 Å². The summed E-state index contributed by atoms with van der Waals surface area (Å²) < 4.78 is 190. The van der Waals surface area contributed by atoms with Crippen LogP contribution in [0.15, 0.2) is 203 Å². The SMILES string of the molecule is Cc1c(C#N)c(Nc2ccc(S(=O)(=O)O)cc2)nc(Nc2ccc(S(=O)(=O)O)cc2)c1N=Nc1sc(N=Nc2ccc3cc(S(=O)(=O)Nc4cc(S(=O)(=O)O)c5cccc(S(=O)(=O)O)c5c4)ccc3c2)c(-c2ccc3ccccc3c2)c1C#N.O=S(=O)=O. The van der Waals surface area contributed by atoms with Gasteiger partial charge >= 0.3 is 10.6 Å². The summed E-state index contributed by atoms with van der Waals surface area (Å²) in [5, 5.41) is 47.6. The minimum absolute atomic E-state index is 0.0254. The first-order chi connectivity index (χ1) is 41.4. The number of anilines is 5. The zero-order chi connectivity index (χ0) is 63.7. The fourth-order valence-electron chi connectivity index (χ4n) is 8.76. The Bertz CT molecular complexity index is 5420. The number of azo groups is 2. The maximum Gasteiger partial charge on any atom is 0.425 e. The molecule has 10 rings (SSSR count). The molecular formula is C54H36N10O17S7. The van der Waals surface area contributed by atoms with Gasteiger partial charge in [-0.1, -0.05) is 72.0 Å². The van der Waals surface area contributed by atoms with Crippen LogP contribution in [0.25, 0.3) is 43.4 Å². The third kappa shape index (κ3) is 14.0. The van der Waals surface area contributed by atoms with Crippen LogP contribution in [0, 0.1) is 29.6 Å². The second-order valence-corrected chi connectivity index (χ2v) is 27.0. The van der Waals surface area contributed by atoms with Crippen molar-refractivity contribution < 1.29 is 72.9 Å². The van der Waals surface area contributed by atoms with E-state index < -0.39 is 91.8 Å². The maximum absolute atomic E-state index is 13.8. The zero-order valence-corrected chi connectivity index (χ0v) is 49.8. The average Bonchev–Trinajstić information content (AvgIpc) is 2.36. The molecule has 0 aliphatic carbocycles. The highest BCUT2D eigenvalue weighted by Gasteiger charge is 2.26. The molecule has 7 N–H and O–H groups in total. The molecule has 0 unspecified atom stereocenters. The number of hydrogen-bond donors (Lipinski definition) is 7. The first-order valence-electron chi connectivity index (χ1n) is 24.3. The summed E-state index contributed by atoms with van der Waals surface area (Å²) in [6.45, 7) is 1.54. The Morgan fingerprint density at radius 2 is 1.02 bits per heavy atom. The van der Waals surface area contributed by atoms with E-state index >= 15 is 0 Å². The number of nitriles is 2. The van der Waals surface area contributed by atoms with Crippen LogP contribution in [0.2, 0.25) is 0 Å². The van der Waals surface area contributed by atoms with Gasteiger partial charge in [-0.15, -0.1) is 33.1 Å². The van der Waals surface area contributed by atoms with Crippen LogP contribution in [0.4, 0.5) is 50.1 Å². The molecule has 0 atom stereocenters. The van der Waals surface area contributed by atoms with Gasteiger partial charge in [0.2, 0.25) is 0 Å². The van der Waals surface area contributed by atoms with E-state index in [2.05, 4.69) is 52.9 Å². The standard InChI is InChI=1S/C54H36N10O14S6.O3S/c1-30-45(28-55)51(57-36-14-19-40(20-15-36)81(67,68)69)59-52(58-37-16-21-41(22-17-37)82(70,71)72)50(30)61-62-53-46(29-56)49(35-10-9-31-5-2-3-6-32(31)23-35)54(79-53)63-60-38-13-11-34-25-42(18-12-33(34)24-38)80(65,66)64-39-26-44-43(48(27-39)84(76,77)78)7-4-8-47(44)83(73,74)75;1-4(2)3/h2-27,64H,1H3,(H2,57,58,59)(H,67,68,69)(H,70,71,72)(H,73,74,75)(H,76,77,78);. The number of benzene rings is 8. The predicted molar refractivity (Wildman–Crippen MR) is 321 cm³/mol. The van der Waals surface area contributed by atoms with Crippen molar-refractivity contribution in [2.75, 3.05) is 15.4 Å². The Morgan fingerprint density at radius 1 is 0.489 bits per heavy atom. The quantitative estimate of drug-likeness (QED) is 0.0349. The number of pyridine rings is 1. The molecule has 34 heteroatoms. The van der Waals surface area contributed by atoms with E-state index in [-0.39, 0.29) is 71.4 Å². The monoisotopic (exact) mass is 1320 g/mol. The molecule has 0 saturated heterocycles. The summed E-state index contributed by atoms with van der Waals surface area (Å²) in [6, 6.07) is 40.8. The second-order valence-electron chi connectivity index (χ2n) is 18.3. The van der Waals surface area contributed by atoms with E-state index in [1.807, 2.05) is 36.4 Å². The summed E-state index contributed by atoms with van der Waals surface area (Å²) in [4.78, 5) is 1.94. The van der Waals surface area contributed by atoms with Crippen molar-refractivity contribution in [2.24, 2.45) is 20.5 Å². The Hall–Kier alpha value is -9.82. The van der Waals surface area contributed by atoms with Crippen molar-refractivity contribution in [3.8, 4) is 23.3 Å². The topological polar surface area (TPSA) is 449 Å². The molecule has 0 bridgehead atoms. The van der Waals surface area contributed by atoms with Crippen molar-refractivity contribution in [3.05, 3.63) is 174 Å². The zero-order valence-electron chi connectivity index (χ0n) is 44.1. The number of rotatable bonds is 16. The van der Waals surface area contributed by atoms with Crippen LogP contribution in [-0.4, -0.2) is 77.9 Å². The Kier molecular flexibility index (Phi) is 17.5. The Morgan fingerprint density at radius 3 is 1.61 bits per heavy atom. The largest absolute Gasteiger partial charge is 0.425 e. The molecule has 0 saturated carbocycles. The van der Waals surface area contributed by atoms with Gasteiger partial charge in [-0.2, -0.15) is 44.2 Å². The Labute approximate surface area is 504 Å². The molecule has 0 radical (unpaired) electrons. The molecule has 446 valence electrons. The minimum Gasteiger partial charge on any atom is -0.339 e. The van der Waals surface area contributed by atoms with Crippen LogP contribution in [0.3, 0.4) is 0 Å². The van der Waals surface area contributed by atoms with E-state index in [4.69, 9.17) is 12.6 Å². The molecule has 2 heterocycles. The van der Waals surface area contributed by atoms with E-state index in [1.54, 1.807) is 18.2 Å². The van der Waals surface area contributed by atoms with Gasteiger partial charge in [-0.25, -0.2) is 13.4 Å². The van der Waals surface area contributed by atoms with Crippen LogP contribution in [-0.2, 0) is 61.1 Å². The summed E-state index contributed by atoms with van der Waals surface area (Å²) in [5.74, 6) is -0.0980. The smallest absolute Gasteiger partial charge is 0.339 e. The lowest BCUT2D eigenvalue weighted by Gasteiger charge is -2.16. The fraction of sp³-hybridized carbons (Fsp3) is 0.0185. The Balaban J connectivity index is 0.00000224. The van der Waals surface area contributed by atoms with Crippen LogP contribution < -0.4 is 15.4 Å². The second kappa shape index (κ2) is 24.5. The van der Waals surface area contributed by atoms with Gasteiger partial charge in [0, 0.05) is 33.3 Å². The first kappa shape index (κ1) is 62.7. The fourth-order valence-corrected chi connectivity index (χ4v) is 13.1. The van der Waals surface area contributed by atoms with E-state index in [0.717, 1.165) is 70.6 Å². The van der Waals surface area contributed by atoms with E-state index in [1.165, 1.54) is 61.5 Å². The molecule has 0 aliphatic heterocycles. The van der Waals surface area contributed by atoms with Gasteiger partial charge in [-0.3, -0.25) is 22.9 Å². The number of hydrogen-bond acceptors (Lipinski definition) is 23. The molecule has 27 nitrogen and oxygen atoms in total. The van der Waals surface area contributed by atoms with Crippen molar-refractivity contribution >= 4 is 155 Å². The summed E-state index contributed by atoms with van der Waals surface area (Å²) in [5.41, 5.74) is 1.34. The predicted octanol–water partition coefficient (Wildman–Crippen LogP) is 11.4. The number of sulfonamides is 1. The number of thiophene rings is 1. The van der Waals surface area contributed by atoms with Gasteiger partial charge in [0.05, 0.1) is 31.6 Å². The summed E-state index contributed by atoms with van der Waals surface area (Å²) in [6.07, 6.45) is 0. The van der Waals surface area contributed by atoms with Gasteiger partial charge < -0.3 is 10.6 Å². The number of nitrogens with one attached hydrogen (secondary N) is 3. The molecule has 10 aromatic rings. The lowest BCUT2D eigenvalue weighted by molar-refractivity contribution is 0.481. The lowest BCUT2D eigenvalue weighted by Crippen LogP contribution is -2.14. The normalized spacial score (nSPS) is 12.2. The highest BCUT2D eigenvalue weighted by molar-refractivity contribution is 7.92. The van der Waals surface area contributed by atoms with Crippen molar-refractivity contribution in [1.29, 1.82) is 10.5 Å². The molecule has 0 aliphatic rings. The van der Waals surface area contributed by atoms with Crippen LogP contribution in [0.1, 0.15) is 16.7 Å². The average molecular weight is 1320 g/mol. The summed E-state index contributed by atoms with van der Waals surface area (Å²) in [7, 11) is -26.8. The third-order valence-corrected chi connectivity index (χ3v) is 18.6. The molecule has 0 fully saturated rings. The van der Waals surface area contributed by atoms with Crippen LogP contribution >= 0.6 is 11.3 Å². The van der Waals surface area contributed by atoms with Gasteiger partial charge in [0.15, 0.2) is 16.6 Å². The van der Waals surface area contributed by atoms with Gasteiger partial charge in [0.1, 0.15) is 38.2 Å². The van der Waals surface area contributed by atoms with Crippen molar-refractivity contribution in [3.63, 3.8) is 0 Å². The number of aromatic nitrogens is 1. The lowest BCUT2D eigenvalue weighted by atomic mass is 10.00. The number of fused-ring (bicyclic) bond motifs is 3. The molecular weight excluding hydrogens is 1290 g/mol. The van der Waals surface area contributed by atoms with Crippen molar-refractivity contribution in [2.45, 2.75) is 31.4 Å². The minimum atomic E-state index is -5.06. The first-order valence-corrected chi connectivity index (χ1v) is 33.4. The number of nitrogens with zero attached hydrogens (tertiary/aromatic N) is 7. The highest BCUT2D eigenvalue weighted by Crippen LogP contribution is 2.49. The molecule has 88 heavy (non-hydrogen) atoms. The van der Waals surface area contributed by atoms with E-state index in [9.17, 15) is 70.8 Å². The van der Waals surface area contributed by atoms with Gasteiger partial charge in [-0.05, 0) is 131 Å². The van der Waals surface area contributed by atoms with Gasteiger partial charge in [0.25, 0.3) is 50.5 Å². The van der Waals surface area contributed by atoms with E-state index in [0.29, 0.717) is 21.9 Å². The molecule has 0 spiro atoms. The molecule has 2 aromatic heterocycles. The third-order valence-electron chi connectivity index (χ3n) is 12.7. The maximum atomic E-state index is 13.8.